The molecule has 1 fully saturated rings. The van der Waals surface area contributed by atoms with Gasteiger partial charge in [-0.25, -0.2) is 4.39 Å². The molecule has 0 aromatic heterocycles. The van der Waals surface area contributed by atoms with E-state index in [1.807, 2.05) is 0 Å². The molecule has 0 aliphatic carbocycles. The van der Waals surface area contributed by atoms with Crippen LogP contribution in [-0.2, 0) is 11.2 Å². The van der Waals surface area contributed by atoms with Gasteiger partial charge >= 0.3 is 0 Å². The van der Waals surface area contributed by atoms with Crippen LogP contribution in [0.4, 0.5) is 4.39 Å². The van der Waals surface area contributed by atoms with E-state index in [0.29, 0.717) is 30.2 Å². The Balaban J connectivity index is 2.25. The lowest BCUT2D eigenvalue weighted by molar-refractivity contribution is 0.0929. The van der Waals surface area contributed by atoms with Crippen molar-refractivity contribution in [1.82, 2.24) is 0 Å². The van der Waals surface area contributed by atoms with E-state index in [1.165, 1.54) is 6.07 Å². The summed E-state index contributed by atoms with van der Waals surface area (Å²) in [5.41, 5.74) is 0.106. The van der Waals surface area contributed by atoms with E-state index in [1.54, 1.807) is 12.1 Å². The van der Waals surface area contributed by atoms with Crippen LogP contribution in [0.2, 0.25) is 5.02 Å². The first-order valence-electron chi connectivity index (χ1n) is 5.28. The van der Waals surface area contributed by atoms with E-state index >= 15 is 0 Å². The molecule has 0 amide bonds. The zero-order chi connectivity index (χ0) is 11.6. The molecule has 1 atom stereocenters. The van der Waals surface area contributed by atoms with Crippen LogP contribution in [0.5, 0.6) is 0 Å². The first kappa shape index (κ1) is 11.8. The van der Waals surface area contributed by atoms with E-state index in [0.717, 1.165) is 6.42 Å². The van der Waals surface area contributed by atoms with E-state index in [4.69, 9.17) is 16.3 Å². The van der Waals surface area contributed by atoms with Gasteiger partial charge in [0.1, 0.15) is 5.82 Å². The first-order chi connectivity index (χ1) is 7.67. The smallest absolute Gasteiger partial charge is 0.127 e. The predicted molar refractivity (Wildman–Crippen MR) is 60.1 cm³/mol. The summed E-state index contributed by atoms with van der Waals surface area (Å²) in [6.07, 6.45) is 1.17. The van der Waals surface area contributed by atoms with Gasteiger partial charge in [0.05, 0.1) is 13.2 Å². The van der Waals surface area contributed by atoms with Crippen LogP contribution in [-0.4, -0.2) is 24.9 Å². The Bertz CT molecular complexity index is 355. The van der Waals surface area contributed by atoms with E-state index < -0.39 is 0 Å². The second-order valence-electron chi connectivity index (χ2n) is 4.34. The van der Waals surface area contributed by atoms with Crippen LogP contribution < -0.4 is 0 Å². The maximum Gasteiger partial charge on any atom is 0.127 e. The molecule has 0 saturated carbocycles. The number of rotatable bonds is 3. The minimum atomic E-state index is -0.369. The molecule has 1 aromatic carbocycles. The Hall–Kier alpha value is -0.640. The number of halogens is 2. The number of aliphatic hydroxyl groups excluding tert-OH is 1. The normalized spacial score (nSPS) is 24.9. The summed E-state index contributed by atoms with van der Waals surface area (Å²) in [4.78, 5) is 0. The molecule has 0 spiro atoms. The fraction of sp³-hybridized carbons (Fsp3) is 0.500. The first-order valence-corrected chi connectivity index (χ1v) is 5.66. The highest BCUT2D eigenvalue weighted by molar-refractivity contribution is 6.31. The molecule has 4 heteroatoms. The zero-order valence-electron chi connectivity index (χ0n) is 8.88. The van der Waals surface area contributed by atoms with Gasteiger partial charge in [0.15, 0.2) is 0 Å². The van der Waals surface area contributed by atoms with Gasteiger partial charge in [-0.1, -0.05) is 17.7 Å². The Morgan fingerprint density at radius 3 is 2.88 bits per heavy atom. The average Bonchev–Trinajstić information content (AvgIpc) is 2.73. The molecule has 1 heterocycles. The lowest BCUT2D eigenvalue weighted by atomic mass is 9.81. The predicted octanol–water partition coefficient (Wildman–Crippen LogP) is 2.42. The minimum absolute atomic E-state index is 0.00232. The summed E-state index contributed by atoms with van der Waals surface area (Å²) >= 11 is 5.96. The van der Waals surface area contributed by atoms with Crippen LogP contribution >= 0.6 is 11.6 Å². The van der Waals surface area contributed by atoms with Crippen LogP contribution in [0.25, 0.3) is 0 Å². The number of benzene rings is 1. The van der Waals surface area contributed by atoms with Crippen molar-refractivity contribution in [3.63, 3.8) is 0 Å². The molecule has 1 aromatic rings. The maximum absolute atomic E-state index is 13.6. The highest BCUT2D eigenvalue weighted by atomic mass is 35.5. The van der Waals surface area contributed by atoms with Gasteiger partial charge in [-0.05, 0) is 25.0 Å². The standard InChI is InChI=1S/C12H14ClFO2/c13-10-2-1-3-11(14)9(10)6-12(7-15)4-5-16-8-12/h1-3,15H,4-8H2. The third-order valence-electron chi connectivity index (χ3n) is 3.13. The van der Waals surface area contributed by atoms with Gasteiger partial charge in [0.25, 0.3) is 0 Å². The highest BCUT2D eigenvalue weighted by Crippen LogP contribution is 2.35. The fourth-order valence-electron chi connectivity index (χ4n) is 2.05. The third kappa shape index (κ3) is 2.21. The molecule has 16 heavy (non-hydrogen) atoms. The Kier molecular flexibility index (Phi) is 3.47. The third-order valence-corrected chi connectivity index (χ3v) is 3.49. The lowest BCUT2D eigenvalue weighted by Crippen LogP contribution is -2.29. The number of hydrogen-bond donors (Lipinski definition) is 1. The summed E-state index contributed by atoms with van der Waals surface area (Å²) in [5.74, 6) is -0.313. The molecular weight excluding hydrogens is 231 g/mol. The van der Waals surface area contributed by atoms with Crippen LogP contribution in [0.1, 0.15) is 12.0 Å². The topological polar surface area (TPSA) is 29.5 Å². The molecule has 1 saturated heterocycles. The molecule has 2 rings (SSSR count). The molecule has 0 bridgehead atoms. The lowest BCUT2D eigenvalue weighted by Gasteiger charge is -2.25. The zero-order valence-corrected chi connectivity index (χ0v) is 9.63. The summed E-state index contributed by atoms with van der Waals surface area (Å²) in [6, 6.07) is 4.64. The molecule has 0 radical (unpaired) electrons. The highest BCUT2D eigenvalue weighted by Gasteiger charge is 2.35. The molecule has 1 aliphatic rings. The van der Waals surface area contributed by atoms with Crippen molar-refractivity contribution in [1.29, 1.82) is 0 Å². The van der Waals surface area contributed by atoms with E-state index in [9.17, 15) is 9.50 Å². The Morgan fingerprint density at radius 2 is 2.31 bits per heavy atom. The van der Waals surface area contributed by atoms with Crippen LogP contribution in [0, 0.1) is 11.2 Å². The molecule has 1 unspecified atom stereocenters. The van der Waals surface area contributed by atoms with Crippen molar-refractivity contribution in [2.45, 2.75) is 12.8 Å². The Morgan fingerprint density at radius 1 is 1.50 bits per heavy atom. The summed E-state index contributed by atoms with van der Waals surface area (Å²) in [6.45, 7) is 1.08. The monoisotopic (exact) mass is 244 g/mol. The van der Waals surface area contributed by atoms with E-state index in [-0.39, 0.29) is 17.8 Å². The van der Waals surface area contributed by atoms with Crippen molar-refractivity contribution < 1.29 is 14.2 Å². The summed E-state index contributed by atoms with van der Waals surface area (Å²) < 4.78 is 18.9. The number of ether oxygens (including phenoxy) is 1. The van der Waals surface area contributed by atoms with Gasteiger partial charge in [-0.3, -0.25) is 0 Å². The van der Waals surface area contributed by atoms with E-state index in [2.05, 4.69) is 0 Å². The van der Waals surface area contributed by atoms with Crippen molar-refractivity contribution in [2.24, 2.45) is 5.41 Å². The maximum atomic E-state index is 13.6. The van der Waals surface area contributed by atoms with Crippen molar-refractivity contribution >= 4 is 11.6 Å². The quantitative estimate of drug-likeness (QED) is 0.885. The molecule has 1 aliphatic heterocycles. The largest absolute Gasteiger partial charge is 0.396 e. The number of aliphatic hydroxyl groups is 1. The fourth-order valence-corrected chi connectivity index (χ4v) is 2.28. The van der Waals surface area contributed by atoms with Gasteiger partial charge in [0, 0.05) is 22.6 Å². The van der Waals surface area contributed by atoms with Gasteiger partial charge in [-0.2, -0.15) is 0 Å². The van der Waals surface area contributed by atoms with Crippen LogP contribution in [0.3, 0.4) is 0 Å². The minimum Gasteiger partial charge on any atom is -0.396 e. The van der Waals surface area contributed by atoms with Crippen molar-refractivity contribution in [3.05, 3.63) is 34.6 Å². The Labute approximate surface area is 99.0 Å². The van der Waals surface area contributed by atoms with Crippen LogP contribution in [0.15, 0.2) is 18.2 Å². The van der Waals surface area contributed by atoms with Crippen molar-refractivity contribution in [2.75, 3.05) is 19.8 Å². The SMILES string of the molecule is OCC1(Cc2c(F)cccc2Cl)CCOC1. The van der Waals surface area contributed by atoms with Gasteiger partial charge < -0.3 is 9.84 Å². The van der Waals surface area contributed by atoms with Gasteiger partial charge in [0.2, 0.25) is 0 Å². The van der Waals surface area contributed by atoms with Gasteiger partial charge in [-0.15, -0.1) is 0 Å². The number of hydrogen-bond acceptors (Lipinski definition) is 2. The summed E-state index contributed by atoms with van der Waals surface area (Å²) in [7, 11) is 0. The van der Waals surface area contributed by atoms with Crippen molar-refractivity contribution in [3.8, 4) is 0 Å². The molecular formula is C12H14ClFO2. The second kappa shape index (κ2) is 4.70. The average molecular weight is 245 g/mol. The summed E-state index contributed by atoms with van der Waals surface area (Å²) in [5, 5.41) is 9.83. The molecule has 88 valence electrons. The second-order valence-corrected chi connectivity index (χ2v) is 4.74. The molecule has 1 N–H and O–H groups in total. The molecule has 2 nitrogen and oxygen atoms in total.